The van der Waals surface area contributed by atoms with E-state index in [2.05, 4.69) is 16.0 Å². The summed E-state index contributed by atoms with van der Waals surface area (Å²) in [6, 6.07) is 6.35. The molecule has 28 heavy (non-hydrogen) atoms. The fraction of sp³-hybridized carbons (Fsp3) is 0.636. The molecule has 154 valence electrons. The number of carbonyl (C=O) groups is 2. The number of aryl methyl sites for hydroxylation is 1. The van der Waals surface area contributed by atoms with Gasteiger partial charge in [0.05, 0.1) is 6.61 Å². The summed E-state index contributed by atoms with van der Waals surface area (Å²) in [6.45, 7) is 2.05. The van der Waals surface area contributed by atoms with Crippen LogP contribution in [0.2, 0.25) is 0 Å². The van der Waals surface area contributed by atoms with E-state index in [0.29, 0.717) is 38.5 Å². The topological polar surface area (TPSA) is 79.5 Å². The highest BCUT2D eigenvalue weighted by molar-refractivity contribution is 5.94. The van der Waals surface area contributed by atoms with Crippen LogP contribution in [-0.2, 0) is 16.0 Å². The molecule has 1 aromatic carbocycles. The van der Waals surface area contributed by atoms with Gasteiger partial charge in [-0.1, -0.05) is 25.7 Å². The van der Waals surface area contributed by atoms with E-state index in [4.69, 9.17) is 4.74 Å². The zero-order valence-electron chi connectivity index (χ0n) is 16.7. The van der Waals surface area contributed by atoms with E-state index in [9.17, 15) is 9.59 Å². The molecule has 6 nitrogen and oxygen atoms in total. The largest absolute Gasteiger partial charge is 0.494 e. The third kappa shape index (κ3) is 6.82. The average molecular weight is 388 g/mol. The third-order valence-electron chi connectivity index (χ3n) is 5.52. The fourth-order valence-electron chi connectivity index (χ4n) is 3.92. The van der Waals surface area contributed by atoms with Crippen molar-refractivity contribution in [1.82, 2.24) is 10.6 Å². The molecule has 0 atom stereocenters. The van der Waals surface area contributed by atoms with Gasteiger partial charge in [-0.25, -0.2) is 0 Å². The number of hydrogen-bond acceptors (Lipinski definition) is 4. The first-order chi connectivity index (χ1) is 13.7. The maximum atomic E-state index is 11.9. The molecule has 0 spiro atoms. The fourth-order valence-corrected chi connectivity index (χ4v) is 3.92. The van der Waals surface area contributed by atoms with Crippen molar-refractivity contribution in [3.8, 4) is 5.75 Å². The van der Waals surface area contributed by atoms with Crippen LogP contribution in [0.25, 0.3) is 0 Å². The number of anilines is 1. The molecule has 0 radical (unpaired) electrons. The van der Waals surface area contributed by atoms with Crippen LogP contribution in [0.1, 0.15) is 63.4 Å². The highest BCUT2D eigenvalue weighted by Gasteiger charge is 2.15. The number of amides is 2. The van der Waals surface area contributed by atoms with Crippen LogP contribution in [0, 0.1) is 0 Å². The number of ether oxygens (including phenoxy) is 1. The Morgan fingerprint density at radius 1 is 1.11 bits per heavy atom. The first-order valence-electron chi connectivity index (χ1n) is 10.8. The Morgan fingerprint density at radius 3 is 2.75 bits per heavy atom. The van der Waals surface area contributed by atoms with Crippen molar-refractivity contribution in [1.29, 1.82) is 0 Å². The van der Waals surface area contributed by atoms with Crippen molar-refractivity contribution in [3.05, 3.63) is 23.8 Å². The minimum Gasteiger partial charge on any atom is -0.494 e. The van der Waals surface area contributed by atoms with Gasteiger partial charge in [-0.05, 0) is 49.4 Å². The van der Waals surface area contributed by atoms with Gasteiger partial charge >= 0.3 is 0 Å². The van der Waals surface area contributed by atoms with Gasteiger partial charge in [0, 0.05) is 37.7 Å². The summed E-state index contributed by atoms with van der Waals surface area (Å²) in [7, 11) is 0. The van der Waals surface area contributed by atoms with E-state index in [0.717, 1.165) is 30.0 Å². The molecule has 0 saturated heterocycles. The minimum atomic E-state index is 0.0663. The number of hydrogen-bond donors (Lipinski definition) is 3. The Morgan fingerprint density at radius 2 is 1.93 bits per heavy atom. The number of rotatable bonds is 9. The quantitative estimate of drug-likeness (QED) is 0.449. The van der Waals surface area contributed by atoms with Crippen molar-refractivity contribution in [3.63, 3.8) is 0 Å². The smallest absolute Gasteiger partial charge is 0.224 e. The predicted octanol–water partition coefficient (Wildman–Crippen LogP) is 3.16. The molecule has 1 heterocycles. The molecule has 0 aromatic heterocycles. The lowest BCUT2D eigenvalue weighted by molar-refractivity contribution is -0.121. The zero-order chi connectivity index (χ0) is 19.6. The molecule has 1 aromatic rings. The van der Waals surface area contributed by atoms with Crippen molar-refractivity contribution < 1.29 is 14.3 Å². The van der Waals surface area contributed by atoms with Gasteiger partial charge in [0.15, 0.2) is 0 Å². The summed E-state index contributed by atoms with van der Waals surface area (Å²) in [4.78, 5) is 23.3. The zero-order valence-corrected chi connectivity index (χ0v) is 16.7. The van der Waals surface area contributed by atoms with Crippen LogP contribution in [0.5, 0.6) is 5.75 Å². The van der Waals surface area contributed by atoms with Crippen LogP contribution in [0.15, 0.2) is 18.2 Å². The second kappa shape index (κ2) is 11.1. The minimum absolute atomic E-state index is 0.0663. The van der Waals surface area contributed by atoms with E-state index >= 15 is 0 Å². The van der Waals surface area contributed by atoms with Gasteiger partial charge in [0.2, 0.25) is 11.8 Å². The third-order valence-corrected chi connectivity index (χ3v) is 5.52. The molecule has 1 aliphatic carbocycles. The van der Waals surface area contributed by atoms with Gasteiger partial charge in [0.1, 0.15) is 5.75 Å². The summed E-state index contributed by atoms with van der Waals surface area (Å²) in [5.74, 6) is 0.943. The molecule has 2 amide bonds. The van der Waals surface area contributed by atoms with Gasteiger partial charge in [-0.2, -0.15) is 0 Å². The Balaban J connectivity index is 1.25. The standard InChI is InChI=1S/C22H33N3O3/c26-21(24-14-13-23-18-6-3-1-2-4-7-18)8-5-15-28-19-10-11-20-17(16-19)9-12-22(27)25-20/h10-11,16,18,23H,1-9,12-15H2,(H,24,26)(H,25,27). The molecule has 3 N–H and O–H groups in total. The molecule has 0 bridgehead atoms. The van der Waals surface area contributed by atoms with Crippen LogP contribution in [0.4, 0.5) is 5.69 Å². The van der Waals surface area contributed by atoms with Crippen molar-refractivity contribution in [2.24, 2.45) is 0 Å². The van der Waals surface area contributed by atoms with E-state index in [1.54, 1.807) is 0 Å². The summed E-state index contributed by atoms with van der Waals surface area (Å²) < 4.78 is 5.76. The maximum Gasteiger partial charge on any atom is 0.224 e. The molecule has 1 fully saturated rings. The first kappa shape index (κ1) is 20.6. The highest BCUT2D eigenvalue weighted by Crippen LogP contribution is 2.26. The normalized spacial score (nSPS) is 17.4. The maximum absolute atomic E-state index is 11.9. The number of carbonyl (C=O) groups excluding carboxylic acids is 2. The predicted molar refractivity (Wildman–Crippen MR) is 111 cm³/mol. The van der Waals surface area contributed by atoms with Gasteiger partial charge < -0.3 is 20.7 Å². The van der Waals surface area contributed by atoms with Gasteiger partial charge in [-0.3, -0.25) is 9.59 Å². The lowest BCUT2D eigenvalue weighted by Crippen LogP contribution is -2.36. The molecule has 0 unspecified atom stereocenters. The van der Waals surface area contributed by atoms with Gasteiger partial charge in [-0.15, -0.1) is 0 Å². The Hall–Kier alpha value is -2.08. The highest BCUT2D eigenvalue weighted by atomic mass is 16.5. The number of fused-ring (bicyclic) bond motifs is 1. The van der Waals surface area contributed by atoms with Crippen molar-refractivity contribution in [2.45, 2.75) is 70.3 Å². The van der Waals surface area contributed by atoms with Crippen molar-refractivity contribution >= 4 is 17.5 Å². The number of benzene rings is 1. The van der Waals surface area contributed by atoms with Gasteiger partial charge in [0.25, 0.3) is 0 Å². The Kier molecular flexibility index (Phi) is 8.15. The van der Waals surface area contributed by atoms with Crippen LogP contribution < -0.4 is 20.7 Å². The van der Waals surface area contributed by atoms with Crippen LogP contribution in [-0.4, -0.2) is 37.6 Å². The lowest BCUT2D eigenvalue weighted by atomic mass is 10.0. The molecular weight excluding hydrogens is 354 g/mol. The molecule has 1 saturated carbocycles. The van der Waals surface area contributed by atoms with E-state index < -0.39 is 0 Å². The summed E-state index contributed by atoms with van der Waals surface area (Å²) in [5.41, 5.74) is 1.98. The van der Waals surface area contributed by atoms with Crippen LogP contribution in [0.3, 0.4) is 0 Å². The van der Waals surface area contributed by atoms with Crippen LogP contribution >= 0.6 is 0 Å². The first-order valence-corrected chi connectivity index (χ1v) is 10.8. The molecule has 3 rings (SSSR count). The molecular formula is C22H33N3O3. The monoisotopic (exact) mass is 387 g/mol. The Bertz CT molecular complexity index is 654. The number of nitrogens with one attached hydrogen (secondary N) is 3. The Labute approximate surface area is 167 Å². The van der Waals surface area contributed by atoms with Crippen molar-refractivity contribution in [2.75, 3.05) is 25.0 Å². The lowest BCUT2D eigenvalue weighted by Gasteiger charge is -2.17. The van der Waals surface area contributed by atoms with E-state index in [1.165, 1.54) is 38.5 Å². The summed E-state index contributed by atoms with van der Waals surface area (Å²) in [5, 5.41) is 9.42. The summed E-state index contributed by atoms with van der Waals surface area (Å²) in [6.07, 6.45) is 10.3. The SMILES string of the molecule is O=C(CCCOc1ccc2c(c1)CCC(=O)N2)NCCNC1CCCCCC1. The molecule has 6 heteroatoms. The average Bonchev–Trinajstić information content (AvgIpc) is 2.97. The second-order valence-corrected chi connectivity index (χ2v) is 7.81. The van der Waals surface area contributed by atoms with E-state index in [1.807, 2.05) is 18.2 Å². The summed E-state index contributed by atoms with van der Waals surface area (Å²) >= 11 is 0. The second-order valence-electron chi connectivity index (χ2n) is 7.81. The molecule has 1 aliphatic heterocycles. The molecule has 2 aliphatic rings. The van der Waals surface area contributed by atoms with E-state index in [-0.39, 0.29) is 11.8 Å².